The molecule has 0 aliphatic carbocycles. The van der Waals surface area contributed by atoms with Crippen LogP contribution in [0.1, 0.15) is 13.8 Å². The quantitative estimate of drug-likeness (QED) is 0.534. The molecule has 3 nitrogen and oxygen atoms in total. The van der Waals surface area contributed by atoms with Crippen LogP contribution in [-0.4, -0.2) is 30.2 Å². The van der Waals surface area contributed by atoms with Gasteiger partial charge in [0.25, 0.3) is 0 Å². The first-order chi connectivity index (χ1) is 4.60. The lowest BCUT2D eigenvalue weighted by molar-refractivity contribution is -0.202. The van der Waals surface area contributed by atoms with Gasteiger partial charge < -0.3 is 14.6 Å². The van der Waals surface area contributed by atoms with E-state index in [9.17, 15) is 0 Å². The molecule has 1 fully saturated rings. The molecule has 0 spiro atoms. The molecule has 1 unspecified atom stereocenters. The van der Waals surface area contributed by atoms with Crippen LogP contribution in [0.4, 0.5) is 0 Å². The monoisotopic (exact) mass is 145 g/mol. The molecule has 59 valence electrons. The third kappa shape index (κ3) is 2.25. The molecular formula is C7H13O3. The molecule has 0 saturated carbocycles. The van der Waals surface area contributed by atoms with E-state index in [0.29, 0.717) is 13.2 Å². The van der Waals surface area contributed by atoms with Gasteiger partial charge in [-0.05, 0) is 13.8 Å². The maximum Gasteiger partial charge on any atom is 0.162 e. The average molecular weight is 145 g/mol. The van der Waals surface area contributed by atoms with E-state index in [1.807, 2.05) is 13.8 Å². The summed E-state index contributed by atoms with van der Waals surface area (Å²) in [6.07, 6.45) is 1.20. The molecule has 1 saturated heterocycles. The van der Waals surface area contributed by atoms with Gasteiger partial charge in [0.2, 0.25) is 0 Å². The van der Waals surface area contributed by atoms with Crippen molar-refractivity contribution >= 4 is 0 Å². The molecule has 1 aliphatic heterocycles. The molecular weight excluding hydrogens is 132 g/mol. The van der Waals surface area contributed by atoms with Gasteiger partial charge in [0.05, 0.1) is 19.3 Å². The Balaban J connectivity index is 2.41. The number of aliphatic hydroxyl groups is 1. The molecule has 0 aromatic carbocycles. The van der Waals surface area contributed by atoms with E-state index in [0.717, 1.165) is 0 Å². The van der Waals surface area contributed by atoms with Crippen molar-refractivity contribution in [3.63, 3.8) is 0 Å². The van der Waals surface area contributed by atoms with Crippen LogP contribution in [0.15, 0.2) is 0 Å². The molecule has 1 atom stereocenters. The van der Waals surface area contributed by atoms with Gasteiger partial charge in [-0.2, -0.15) is 0 Å². The van der Waals surface area contributed by atoms with Crippen LogP contribution in [0.2, 0.25) is 0 Å². The van der Waals surface area contributed by atoms with Crippen molar-refractivity contribution in [1.82, 2.24) is 0 Å². The van der Waals surface area contributed by atoms with Crippen molar-refractivity contribution in [2.45, 2.75) is 25.7 Å². The Morgan fingerprint density at radius 1 is 1.50 bits per heavy atom. The number of rotatable bonds is 0. The molecule has 0 amide bonds. The van der Waals surface area contributed by atoms with E-state index in [1.54, 1.807) is 6.42 Å². The first kappa shape index (κ1) is 7.98. The van der Waals surface area contributed by atoms with Crippen LogP contribution in [0, 0.1) is 6.42 Å². The van der Waals surface area contributed by atoms with Gasteiger partial charge in [-0.25, -0.2) is 0 Å². The fourth-order valence-corrected chi connectivity index (χ4v) is 0.756. The maximum atomic E-state index is 9.06. The van der Waals surface area contributed by atoms with E-state index in [4.69, 9.17) is 14.6 Å². The van der Waals surface area contributed by atoms with Gasteiger partial charge >= 0.3 is 0 Å². The predicted molar refractivity (Wildman–Crippen MR) is 36.3 cm³/mol. The summed E-state index contributed by atoms with van der Waals surface area (Å²) in [5, 5.41) is 9.06. The highest BCUT2D eigenvalue weighted by Crippen LogP contribution is 2.15. The third-order valence-electron chi connectivity index (χ3n) is 1.40. The zero-order valence-electron chi connectivity index (χ0n) is 6.33. The average Bonchev–Trinajstić information content (AvgIpc) is 1.94. The number of aliphatic hydroxyl groups excluding tert-OH is 1. The highest BCUT2D eigenvalue weighted by molar-refractivity contribution is 4.78. The molecule has 0 aromatic heterocycles. The Labute approximate surface area is 60.9 Å². The normalized spacial score (nSPS) is 33.3. The summed E-state index contributed by atoms with van der Waals surface area (Å²) < 4.78 is 10.4. The Kier molecular flexibility index (Phi) is 2.28. The van der Waals surface area contributed by atoms with Gasteiger partial charge in [-0.1, -0.05) is 0 Å². The van der Waals surface area contributed by atoms with Crippen LogP contribution in [0.25, 0.3) is 0 Å². The van der Waals surface area contributed by atoms with E-state index in [-0.39, 0.29) is 0 Å². The van der Waals surface area contributed by atoms with Crippen LogP contribution in [-0.2, 0) is 9.47 Å². The van der Waals surface area contributed by atoms with Gasteiger partial charge in [0, 0.05) is 6.42 Å². The highest BCUT2D eigenvalue weighted by Gasteiger charge is 2.24. The maximum absolute atomic E-state index is 9.06. The second kappa shape index (κ2) is 2.86. The van der Waals surface area contributed by atoms with Crippen LogP contribution in [0.5, 0.6) is 0 Å². The van der Waals surface area contributed by atoms with E-state index >= 15 is 0 Å². The van der Waals surface area contributed by atoms with Crippen molar-refractivity contribution in [2.24, 2.45) is 0 Å². The Morgan fingerprint density at radius 2 is 2.20 bits per heavy atom. The minimum Gasteiger partial charge on any atom is -0.390 e. The fourth-order valence-electron chi connectivity index (χ4n) is 0.756. The zero-order chi connectivity index (χ0) is 7.61. The molecule has 0 bridgehead atoms. The summed E-state index contributed by atoms with van der Waals surface area (Å²) in [5.74, 6) is -0.548. The van der Waals surface area contributed by atoms with Crippen molar-refractivity contribution in [3.8, 4) is 0 Å². The van der Waals surface area contributed by atoms with Crippen molar-refractivity contribution in [2.75, 3.05) is 13.2 Å². The van der Waals surface area contributed by atoms with Crippen LogP contribution < -0.4 is 0 Å². The SMILES string of the molecule is CC1(C)OC[CH]C(O)CO1. The summed E-state index contributed by atoms with van der Waals surface area (Å²) in [6, 6.07) is 0. The summed E-state index contributed by atoms with van der Waals surface area (Å²) in [5.41, 5.74) is 0. The van der Waals surface area contributed by atoms with Crippen molar-refractivity contribution in [1.29, 1.82) is 0 Å². The lowest BCUT2D eigenvalue weighted by Gasteiger charge is -2.22. The second-order valence-corrected chi connectivity index (χ2v) is 2.82. The van der Waals surface area contributed by atoms with Gasteiger partial charge in [-0.15, -0.1) is 0 Å². The van der Waals surface area contributed by atoms with Gasteiger partial charge in [-0.3, -0.25) is 0 Å². The lowest BCUT2D eigenvalue weighted by Crippen LogP contribution is -2.27. The molecule has 1 rings (SSSR count). The summed E-state index contributed by atoms with van der Waals surface area (Å²) in [7, 11) is 0. The number of hydrogen-bond donors (Lipinski definition) is 1. The molecule has 3 heteroatoms. The number of ether oxygens (including phenoxy) is 2. The highest BCUT2D eigenvalue weighted by atomic mass is 16.7. The third-order valence-corrected chi connectivity index (χ3v) is 1.40. The zero-order valence-corrected chi connectivity index (χ0v) is 6.33. The Morgan fingerprint density at radius 3 is 2.90 bits per heavy atom. The number of hydrogen-bond acceptors (Lipinski definition) is 3. The first-order valence-electron chi connectivity index (χ1n) is 3.39. The Hall–Kier alpha value is -0.120. The van der Waals surface area contributed by atoms with Crippen LogP contribution >= 0.6 is 0 Å². The first-order valence-corrected chi connectivity index (χ1v) is 3.39. The molecule has 10 heavy (non-hydrogen) atoms. The van der Waals surface area contributed by atoms with E-state index < -0.39 is 11.9 Å². The summed E-state index contributed by atoms with van der Waals surface area (Å²) >= 11 is 0. The topological polar surface area (TPSA) is 38.7 Å². The van der Waals surface area contributed by atoms with Gasteiger partial charge in [0.1, 0.15) is 0 Å². The van der Waals surface area contributed by atoms with E-state index in [1.165, 1.54) is 0 Å². The van der Waals surface area contributed by atoms with Crippen LogP contribution in [0.3, 0.4) is 0 Å². The molecule has 1 radical (unpaired) electrons. The Bertz CT molecular complexity index is 111. The summed E-state index contributed by atoms with van der Waals surface area (Å²) in [4.78, 5) is 0. The van der Waals surface area contributed by atoms with Gasteiger partial charge in [0.15, 0.2) is 5.79 Å². The second-order valence-electron chi connectivity index (χ2n) is 2.82. The minimum absolute atomic E-state index is 0.326. The molecule has 1 heterocycles. The molecule has 1 N–H and O–H groups in total. The largest absolute Gasteiger partial charge is 0.390 e. The minimum atomic E-state index is -0.548. The van der Waals surface area contributed by atoms with Crippen molar-refractivity contribution < 1.29 is 14.6 Å². The van der Waals surface area contributed by atoms with E-state index in [2.05, 4.69) is 0 Å². The summed E-state index contributed by atoms with van der Waals surface area (Å²) in [6.45, 7) is 4.44. The van der Waals surface area contributed by atoms with Crippen molar-refractivity contribution in [3.05, 3.63) is 6.42 Å². The lowest BCUT2D eigenvalue weighted by atomic mass is 10.3. The predicted octanol–water partition coefficient (Wildman–Crippen LogP) is 0.334. The smallest absolute Gasteiger partial charge is 0.162 e. The molecule has 1 aliphatic rings. The molecule has 0 aromatic rings. The fraction of sp³-hybridized carbons (Fsp3) is 0.857. The standard InChI is InChI=1S/C7H13O3/c1-7(2)9-4-3-6(8)5-10-7/h3,6,8H,4-5H2,1-2H3.